The zero-order valence-corrected chi connectivity index (χ0v) is 23.7. The average molecular weight is 571 g/mol. The molecule has 0 radical (unpaired) electrons. The summed E-state index contributed by atoms with van der Waals surface area (Å²) in [7, 11) is 0. The van der Waals surface area contributed by atoms with Gasteiger partial charge in [-0.15, -0.1) is 0 Å². The molecule has 1 fully saturated rings. The van der Waals surface area contributed by atoms with Gasteiger partial charge in [-0.25, -0.2) is 18.4 Å². The van der Waals surface area contributed by atoms with Gasteiger partial charge < -0.3 is 19.7 Å². The maximum atomic E-state index is 15.4. The third-order valence-corrected chi connectivity index (χ3v) is 7.62. The van der Waals surface area contributed by atoms with Crippen LogP contribution in [0.2, 0.25) is 0 Å². The molecule has 1 saturated carbocycles. The summed E-state index contributed by atoms with van der Waals surface area (Å²) in [6, 6.07) is 8.14. The maximum Gasteiger partial charge on any atom is 0.335 e. The van der Waals surface area contributed by atoms with Crippen LogP contribution >= 0.6 is 0 Å². The molecule has 0 aromatic heterocycles. The van der Waals surface area contributed by atoms with Gasteiger partial charge in [-0.1, -0.05) is 51.1 Å². The van der Waals surface area contributed by atoms with Crippen LogP contribution in [-0.4, -0.2) is 48.6 Å². The van der Waals surface area contributed by atoms with Crippen molar-refractivity contribution in [3.05, 3.63) is 83.0 Å². The average Bonchev–Trinajstić information content (AvgIpc) is 2.96. The highest BCUT2D eigenvalue weighted by molar-refractivity contribution is 5.88. The van der Waals surface area contributed by atoms with Gasteiger partial charge in [0.1, 0.15) is 11.6 Å². The quantitative estimate of drug-likeness (QED) is 0.215. The largest absolute Gasteiger partial charge is 0.462 e. The number of carbonyl (C=O) groups is 2. The van der Waals surface area contributed by atoms with E-state index in [9.17, 15) is 9.59 Å². The van der Waals surface area contributed by atoms with Crippen molar-refractivity contribution in [3.8, 4) is 11.1 Å². The molecule has 0 bridgehead atoms. The number of aliphatic hydroxyl groups excluding tert-OH is 2. The molecule has 0 unspecified atom stereocenters. The zero-order valence-electron chi connectivity index (χ0n) is 23.7. The Hall–Kier alpha value is -3.36. The fourth-order valence-corrected chi connectivity index (χ4v) is 5.36. The van der Waals surface area contributed by atoms with Crippen LogP contribution < -0.4 is 0 Å². The van der Waals surface area contributed by atoms with Crippen LogP contribution in [0.5, 0.6) is 0 Å². The molecule has 2 aromatic carbocycles. The van der Waals surface area contributed by atoms with E-state index in [1.165, 1.54) is 12.1 Å². The topological polar surface area (TPSA) is 93.1 Å². The van der Waals surface area contributed by atoms with Gasteiger partial charge in [0.25, 0.3) is 0 Å². The number of rotatable bonds is 14. The number of esters is 2. The molecular weight excluding hydrogens is 530 g/mol. The molecule has 222 valence electrons. The predicted octanol–water partition coefficient (Wildman–Crippen LogP) is 5.97. The first-order valence-corrected chi connectivity index (χ1v) is 14.2. The van der Waals surface area contributed by atoms with E-state index in [1.807, 2.05) is 6.07 Å². The summed E-state index contributed by atoms with van der Waals surface area (Å²) in [6.45, 7) is 8.05. The van der Waals surface area contributed by atoms with Crippen LogP contribution in [0.4, 0.5) is 8.78 Å². The number of aliphatic hydroxyl groups is 2. The van der Waals surface area contributed by atoms with Crippen LogP contribution in [0.25, 0.3) is 11.1 Å². The first-order chi connectivity index (χ1) is 19.7. The molecule has 0 spiro atoms. The van der Waals surface area contributed by atoms with Gasteiger partial charge in [0.2, 0.25) is 0 Å². The number of benzene rings is 2. The summed E-state index contributed by atoms with van der Waals surface area (Å²) in [5.41, 5.74) is 2.47. The molecule has 0 atom stereocenters. The van der Waals surface area contributed by atoms with Crippen LogP contribution in [0.1, 0.15) is 68.1 Å². The Balaban J connectivity index is 1.83. The van der Waals surface area contributed by atoms with Crippen molar-refractivity contribution in [1.82, 2.24) is 0 Å². The summed E-state index contributed by atoms with van der Waals surface area (Å²) in [5.74, 6) is -2.03. The van der Waals surface area contributed by atoms with E-state index in [1.54, 1.807) is 12.1 Å². The van der Waals surface area contributed by atoms with E-state index in [-0.39, 0.29) is 35.8 Å². The van der Waals surface area contributed by atoms with E-state index in [0.717, 1.165) is 49.7 Å². The van der Waals surface area contributed by atoms with Crippen LogP contribution in [0.3, 0.4) is 0 Å². The van der Waals surface area contributed by atoms with E-state index in [2.05, 4.69) is 20.1 Å². The summed E-state index contributed by atoms with van der Waals surface area (Å²) in [5, 5.41) is 18.1. The van der Waals surface area contributed by atoms with Gasteiger partial charge >= 0.3 is 11.9 Å². The number of ether oxygens (including phenoxy) is 2. The molecule has 3 rings (SSSR count). The Kier molecular flexibility index (Phi) is 12.2. The number of carbonyl (C=O) groups excluding carboxylic acids is 2. The maximum absolute atomic E-state index is 15.4. The second-order valence-electron chi connectivity index (χ2n) is 10.7. The van der Waals surface area contributed by atoms with Crippen LogP contribution in [0, 0.1) is 17.6 Å². The molecular formula is C33H40F2O6. The fourth-order valence-electron chi connectivity index (χ4n) is 5.36. The third-order valence-electron chi connectivity index (χ3n) is 7.62. The standard InChI is InChI=1S/C33H40F2O6/c1-4-5-23-6-8-26(9-7-23)31-29(34)17-28(18-30(31)35)27-15-24(10-12-40-32(38)21(2)19-36)14-25(16-27)11-13-41-33(39)22(3)20-37/h14-18,23,26,36-37H,2-13,19-20H2,1H3. The third kappa shape index (κ3) is 9.07. The van der Waals surface area contributed by atoms with Gasteiger partial charge in [-0.3, -0.25) is 0 Å². The molecule has 41 heavy (non-hydrogen) atoms. The van der Waals surface area contributed by atoms with Crippen molar-refractivity contribution < 1.29 is 38.1 Å². The van der Waals surface area contributed by atoms with Gasteiger partial charge in [0, 0.05) is 18.4 Å². The summed E-state index contributed by atoms with van der Waals surface area (Å²) in [4.78, 5) is 23.7. The van der Waals surface area contributed by atoms with E-state index in [4.69, 9.17) is 19.7 Å². The predicted molar refractivity (Wildman–Crippen MR) is 153 cm³/mol. The SMILES string of the molecule is C=C(CO)C(=O)OCCc1cc(CCOC(=O)C(=C)CO)cc(-c2cc(F)c(C3CCC(CCC)CC3)c(F)c2)c1. The highest BCUT2D eigenvalue weighted by Gasteiger charge is 2.27. The highest BCUT2D eigenvalue weighted by atomic mass is 19.1. The molecule has 1 aliphatic rings. The van der Waals surface area contributed by atoms with Gasteiger partial charge in [-0.05, 0) is 71.9 Å². The molecule has 2 aromatic rings. The molecule has 0 heterocycles. The summed E-state index contributed by atoms with van der Waals surface area (Å²) in [6.07, 6.45) is 6.40. The lowest BCUT2D eigenvalue weighted by molar-refractivity contribution is -0.140. The summed E-state index contributed by atoms with van der Waals surface area (Å²) >= 11 is 0. The van der Waals surface area contributed by atoms with Crippen molar-refractivity contribution in [3.63, 3.8) is 0 Å². The lowest BCUT2D eigenvalue weighted by Crippen LogP contribution is -2.15. The monoisotopic (exact) mass is 570 g/mol. The minimum Gasteiger partial charge on any atom is -0.462 e. The Labute approximate surface area is 240 Å². The highest BCUT2D eigenvalue weighted by Crippen LogP contribution is 2.40. The smallest absolute Gasteiger partial charge is 0.335 e. The lowest BCUT2D eigenvalue weighted by atomic mass is 9.76. The fraction of sp³-hybridized carbons (Fsp3) is 0.455. The molecule has 0 amide bonds. The molecule has 0 aliphatic heterocycles. The van der Waals surface area contributed by atoms with E-state index < -0.39 is 36.8 Å². The van der Waals surface area contributed by atoms with Crippen LogP contribution in [0.15, 0.2) is 54.6 Å². The molecule has 2 N–H and O–H groups in total. The molecule has 8 heteroatoms. The van der Waals surface area contributed by atoms with E-state index >= 15 is 8.78 Å². The van der Waals surface area contributed by atoms with E-state index in [0.29, 0.717) is 29.9 Å². The first-order valence-electron chi connectivity index (χ1n) is 14.2. The minimum atomic E-state index is -0.705. The molecule has 1 aliphatic carbocycles. The Morgan fingerprint density at radius 2 is 1.27 bits per heavy atom. The van der Waals surface area contributed by atoms with Crippen molar-refractivity contribution in [1.29, 1.82) is 0 Å². The first kappa shape index (κ1) is 32.2. The Bertz CT molecular complexity index is 1170. The second kappa shape index (κ2) is 15.6. The normalized spacial score (nSPS) is 16.7. The number of hydrogen-bond acceptors (Lipinski definition) is 6. The molecule has 6 nitrogen and oxygen atoms in total. The van der Waals surface area contributed by atoms with Crippen molar-refractivity contribution in [2.24, 2.45) is 5.92 Å². The van der Waals surface area contributed by atoms with Gasteiger partial charge in [-0.2, -0.15) is 0 Å². The second-order valence-corrected chi connectivity index (χ2v) is 10.7. The summed E-state index contributed by atoms with van der Waals surface area (Å²) < 4.78 is 41.1. The van der Waals surface area contributed by atoms with Gasteiger partial charge in [0.05, 0.1) is 37.6 Å². The Morgan fingerprint density at radius 1 is 0.805 bits per heavy atom. The van der Waals surface area contributed by atoms with Crippen molar-refractivity contribution in [2.45, 2.75) is 64.2 Å². The number of hydrogen-bond donors (Lipinski definition) is 2. The number of halogens is 2. The minimum absolute atomic E-state index is 0.00836. The molecule has 0 saturated heterocycles. The Morgan fingerprint density at radius 3 is 1.71 bits per heavy atom. The lowest BCUT2D eigenvalue weighted by Gasteiger charge is -2.29. The van der Waals surface area contributed by atoms with Crippen LogP contribution in [-0.2, 0) is 31.9 Å². The van der Waals surface area contributed by atoms with Crippen molar-refractivity contribution >= 4 is 11.9 Å². The zero-order chi connectivity index (χ0) is 29.9. The van der Waals surface area contributed by atoms with Gasteiger partial charge in [0.15, 0.2) is 0 Å². The van der Waals surface area contributed by atoms with Crippen molar-refractivity contribution in [2.75, 3.05) is 26.4 Å².